The van der Waals surface area contributed by atoms with E-state index in [9.17, 15) is 27.5 Å². The van der Waals surface area contributed by atoms with Gasteiger partial charge in [0.1, 0.15) is 11.9 Å². The van der Waals surface area contributed by atoms with E-state index in [1.165, 1.54) is 19.2 Å². The molecule has 0 aromatic heterocycles. The minimum atomic E-state index is -3.97. The van der Waals surface area contributed by atoms with Crippen LogP contribution in [0.3, 0.4) is 0 Å². The van der Waals surface area contributed by atoms with Crippen molar-refractivity contribution in [2.24, 2.45) is 11.8 Å². The van der Waals surface area contributed by atoms with Crippen LogP contribution in [0.25, 0.3) is 0 Å². The molecule has 2 N–H and O–H groups in total. The van der Waals surface area contributed by atoms with Crippen LogP contribution in [0, 0.1) is 17.7 Å². The van der Waals surface area contributed by atoms with E-state index in [1.54, 1.807) is 30.0 Å². The minimum absolute atomic E-state index is 0.0542. The Labute approximate surface area is 235 Å². The molecule has 3 atom stereocenters. The summed E-state index contributed by atoms with van der Waals surface area (Å²) in [6, 6.07) is 9.06. The number of halogens is 1. The van der Waals surface area contributed by atoms with Gasteiger partial charge in [0.25, 0.3) is 5.91 Å². The molecule has 1 saturated carbocycles. The van der Waals surface area contributed by atoms with Gasteiger partial charge in [0.15, 0.2) is 5.75 Å². The first-order valence-corrected chi connectivity index (χ1v) is 15.2. The number of fused-ring (bicyclic) bond motifs is 1. The number of amides is 2. The van der Waals surface area contributed by atoms with Gasteiger partial charge in [0, 0.05) is 25.4 Å². The number of aliphatic hydroxyl groups is 1. The average Bonchev–Trinajstić information content (AvgIpc) is 2.95. The van der Waals surface area contributed by atoms with Crippen molar-refractivity contribution in [1.82, 2.24) is 9.21 Å². The van der Waals surface area contributed by atoms with Crippen LogP contribution in [0.1, 0.15) is 56.3 Å². The van der Waals surface area contributed by atoms with E-state index >= 15 is 0 Å². The van der Waals surface area contributed by atoms with Crippen LogP contribution in [0.15, 0.2) is 47.4 Å². The lowest BCUT2D eigenvalue weighted by molar-refractivity contribution is -0.120. The Bertz CT molecular complexity index is 1310. The highest BCUT2D eigenvalue weighted by Gasteiger charge is 2.36. The number of likely N-dealkylation sites (N-methyl/N-ethyl adjacent to an activating group) is 1. The molecule has 9 nitrogen and oxygen atoms in total. The zero-order chi connectivity index (χ0) is 29.0. The highest BCUT2D eigenvalue weighted by Crippen LogP contribution is 2.36. The average molecular weight is 576 g/mol. The van der Waals surface area contributed by atoms with Crippen LogP contribution in [0.2, 0.25) is 0 Å². The predicted octanol–water partition coefficient (Wildman–Crippen LogP) is 3.89. The number of carbonyl (C=O) groups excluding carboxylic acids is 2. The third kappa shape index (κ3) is 6.47. The lowest BCUT2D eigenvalue weighted by Crippen LogP contribution is -2.50. The maximum atomic E-state index is 13.7. The number of nitrogens with zero attached hydrogens (tertiary/aromatic N) is 2. The lowest BCUT2D eigenvalue weighted by Gasteiger charge is -2.38. The second kappa shape index (κ2) is 12.7. The summed E-state index contributed by atoms with van der Waals surface area (Å²) < 4.78 is 47.6. The van der Waals surface area contributed by atoms with Crippen LogP contribution in [0.4, 0.5) is 10.1 Å². The fourth-order valence-corrected chi connectivity index (χ4v) is 6.48. The van der Waals surface area contributed by atoms with Crippen LogP contribution in [0.5, 0.6) is 5.75 Å². The number of hydrogen-bond acceptors (Lipinski definition) is 6. The van der Waals surface area contributed by atoms with Crippen LogP contribution in [-0.2, 0) is 14.8 Å². The summed E-state index contributed by atoms with van der Waals surface area (Å²) in [5.74, 6) is -1.31. The summed E-state index contributed by atoms with van der Waals surface area (Å²) in [6.07, 6.45) is 3.97. The lowest BCUT2D eigenvalue weighted by atomic mass is 9.88. The molecule has 0 saturated heterocycles. The summed E-state index contributed by atoms with van der Waals surface area (Å²) in [6.45, 7) is 3.48. The van der Waals surface area contributed by atoms with Gasteiger partial charge in [0.2, 0.25) is 15.9 Å². The Hall–Kier alpha value is -3.02. The summed E-state index contributed by atoms with van der Waals surface area (Å²) >= 11 is 0. The van der Waals surface area contributed by atoms with Crippen molar-refractivity contribution in [3.8, 4) is 5.75 Å². The molecule has 1 aliphatic carbocycles. The van der Waals surface area contributed by atoms with Gasteiger partial charge in [-0.2, -0.15) is 4.31 Å². The fourth-order valence-electron chi connectivity index (χ4n) is 5.30. The quantitative estimate of drug-likeness (QED) is 0.494. The van der Waals surface area contributed by atoms with Gasteiger partial charge in [0.05, 0.1) is 35.3 Å². The zero-order valence-electron chi connectivity index (χ0n) is 23.2. The fraction of sp³-hybridized carbons (Fsp3) is 0.517. The Kier molecular flexibility index (Phi) is 9.48. The van der Waals surface area contributed by atoms with Crippen molar-refractivity contribution in [3.63, 3.8) is 0 Å². The monoisotopic (exact) mass is 575 g/mol. The van der Waals surface area contributed by atoms with Crippen molar-refractivity contribution in [1.29, 1.82) is 0 Å². The largest absolute Gasteiger partial charge is 0.486 e. The second-order valence-corrected chi connectivity index (χ2v) is 12.9. The topological polar surface area (TPSA) is 116 Å². The van der Waals surface area contributed by atoms with Crippen molar-refractivity contribution < 1.29 is 32.2 Å². The highest BCUT2D eigenvalue weighted by molar-refractivity contribution is 7.89. The molecule has 218 valence electrons. The molecule has 0 radical (unpaired) electrons. The number of para-hydroxylation sites is 1. The number of anilines is 1. The summed E-state index contributed by atoms with van der Waals surface area (Å²) in [4.78, 5) is 28.3. The summed E-state index contributed by atoms with van der Waals surface area (Å²) in [7, 11) is -2.55. The Morgan fingerprint density at radius 2 is 1.85 bits per heavy atom. The highest BCUT2D eigenvalue weighted by atomic mass is 32.2. The van der Waals surface area contributed by atoms with E-state index in [-0.39, 0.29) is 59.6 Å². The molecule has 2 aliphatic rings. The second-order valence-electron chi connectivity index (χ2n) is 10.9. The molecule has 0 bridgehead atoms. The molecule has 4 rings (SSSR count). The predicted molar refractivity (Wildman–Crippen MR) is 149 cm³/mol. The van der Waals surface area contributed by atoms with E-state index in [0.29, 0.717) is 5.69 Å². The Morgan fingerprint density at radius 1 is 1.18 bits per heavy atom. The van der Waals surface area contributed by atoms with E-state index < -0.39 is 28.0 Å². The molecule has 2 aromatic carbocycles. The maximum absolute atomic E-state index is 13.7. The Morgan fingerprint density at radius 3 is 2.50 bits per heavy atom. The number of ether oxygens (including phenoxy) is 1. The van der Waals surface area contributed by atoms with Crippen LogP contribution < -0.4 is 10.1 Å². The Balaban J connectivity index is 1.69. The number of hydrogen-bond donors (Lipinski definition) is 2. The SMILES string of the molecule is C[C@@H]1CN([C@@H](C)CO)C(=O)c2cccc(NC(=O)C3CCCCC3)c2O[C@@H]1CN(C)S(=O)(=O)c1ccc(F)cc1. The molecule has 1 fully saturated rings. The van der Waals surface area contributed by atoms with E-state index in [1.807, 2.05) is 6.92 Å². The zero-order valence-corrected chi connectivity index (χ0v) is 24.0. The molecule has 0 unspecified atom stereocenters. The first kappa shape index (κ1) is 30.0. The van der Waals surface area contributed by atoms with E-state index in [2.05, 4.69) is 5.32 Å². The van der Waals surface area contributed by atoms with Gasteiger partial charge in [-0.25, -0.2) is 12.8 Å². The third-order valence-electron chi connectivity index (χ3n) is 7.88. The first-order chi connectivity index (χ1) is 19.0. The molecule has 40 heavy (non-hydrogen) atoms. The van der Waals surface area contributed by atoms with Gasteiger partial charge in [-0.3, -0.25) is 9.59 Å². The van der Waals surface area contributed by atoms with Crippen molar-refractivity contribution >= 4 is 27.5 Å². The molecule has 2 amide bonds. The molecule has 0 spiro atoms. The van der Waals surface area contributed by atoms with Crippen LogP contribution in [-0.4, -0.2) is 73.4 Å². The van der Waals surface area contributed by atoms with Crippen molar-refractivity contribution in [3.05, 3.63) is 53.8 Å². The van der Waals surface area contributed by atoms with Gasteiger partial charge < -0.3 is 20.1 Å². The van der Waals surface area contributed by atoms with Gasteiger partial charge in [-0.05, 0) is 56.2 Å². The smallest absolute Gasteiger partial charge is 0.258 e. The molecular formula is C29H38FN3O6S. The van der Waals surface area contributed by atoms with Crippen molar-refractivity contribution in [2.45, 2.75) is 63.0 Å². The summed E-state index contributed by atoms with van der Waals surface area (Å²) in [5.41, 5.74) is 0.573. The standard InChI is InChI=1S/C29H38FN3O6S/c1-19-16-33(20(2)18-34)29(36)24-10-7-11-25(31-28(35)21-8-5-4-6-9-21)27(24)39-26(19)17-32(3)40(37,38)23-14-12-22(30)13-15-23/h7,10-15,19-21,26,34H,4-6,8-9,16-18H2,1-3H3,(H,31,35)/t19-,20+,26-/m1/s1. The van der Waals surface area contributed by atoms with Gasteiger partial charge in [-0.15, -0.1) is 0 Å². The summed E-state index contributed by atoms with van der Waals surface area (Å²) in [5, 5.41) is 12.9. The molecule has 2 aromatic rings. The minimum Gasteiger partial charge on any atom is -0.486 e. The third-order valence-corrected chi connectivity index (χ3v) is 9.72. The normalized spacial score (nSPS) is 21.2. The molecule has 1 heterocycles. The molecule has 1 aliphatic heterocycles. The number of nitrogens with one attached hydrogen (secondary N) is 1. The maximum Gasteiger partial charge on any atom is 0.258 e. The number of sulfonamides is 1. The van der Waals surface area contributed by atoms with Gasteiger partial charge in [-0.1, -0.05) is 32.3 Å². The number of rotatable bonds is 8. The number of aliphatic hydroxyl groups excluding tert-OH is 1. The van der Waals surface area contributed by atoms with E-state index in [4.69, 9.17) is 4.74 Å². The van der Waals surface area contributed by atoms with Crippen LogP contribution >= 0.6 is 0 Å². The van der Waals surface area contributed by atoms with Crippen molar-refractivity contribution in [2.75, 3.05) is 32.1 Å². The van der Waals surface area contributed by atoms with Gasteiger partial charge >= 0.3 is 0 Å². The molecular weight excluding hydrogens is 537 g/mol. The first-order valence-electron chi connectivity index (χ1n) is 13.8. The molecule has 11 heteroatoms. The number of benzene rings is 2. The van der Waals surface area contributed by atoms with E-state index in [0.717, 1.165) is 48.5 Å². The number of carbonyl (C=O) groups is 2.